The van der Waals surface area contributed by atoms with E-state index in [1.165, 1.54) is 17.4 Å². The van der Waals surface area contributed by atoms with Crippen LogP contribution in [0.2, 0.25) is 0 Å². The molecule has 0 fully saturated rings. The first-order valence-corrected chi connectivity index (χ1v) is 7.46. The number of nitrogens with one attached hydrogen (secondary N) is 1. The Balaban J connectivity index is 1.70. The summed E-state index contributed by atoms with van der Waals surface area (Å²) in [5.74, 6) is -0.241. The predicted molar refractivity (Wildman–Crippen MR) is 83.8 cm³/mol. The molecule has 0 atom stereocenters. The Morgan fingerprint density at radius 1 is 1.24 bits per heavy atom. The highest BCUT2D eigenvalue weighted by Gasteiger charge is 2.07. The monoisotopic (exact) mass is 299 g/mol. The van der Waals surface area contributed by atoms with Crippen LogP contribution in [0.1, 0.15) is 11.3 Å². The van der Waals surface area contributed by atoms with E-state index in [9.17, 15) is 4.39 Å². The summed E-state index contributed by atoms with van der Waals surface area (Å²) in [5, 5.41) is 5.90. The first-order valence-electron chi connectivity index (χ1n) is 6.58. The van der Waals surface area contributed by atoms with Gasteiger partial charge in [-0.05, 0) is 36.8 Å². The second-order valence-corrected chi connectivity index (χ2v) is 5.55. The Bertz CT molecular complexity index is 740. The lowest BCUT2D eigenvalue weighted by molar-refractivity contribution is 0.629. The second kappa shape index (κ2) is 6.01. The summed E-state index contributed by atoms with van der Waals surface area (Å²) in [7, 11) is 0. The number of hydrogen-bond acceptors (Lipinski definition) is 4. The molecule has 0 aliphatic heterocycles. The SMILES string of the molecule is Cc1ccc(NCc2csc(-c3ccccn3)n2)c(F)c1. The van der Waals surface area contributed by atoms with E-state index < -0.39 is 0 Å². The predicted octanol–water partition coefficient (Wildman–Crippen LogP) is 4.26. The number of aryl methyl sites for hydroxylation is 1. The maximum atomic E-state index is 13.7. The van der Waals surface area contributed by atoms with Crippen LogP contribution in [0.25, 0.3) is 10.7 Å². The van der Waals surface area contributed by atoms with E-state index in [0.717, 1.165) is 22.0 Å². The molecule has 1 N–H and O–H groups in total. The normalized spacial score (nSPS) is 10.6. The molecule has 0 radical (unpaired) electrons. The Labute approximate surface area is 126 Å². The highest BCUT2D eigenvalue weighted by molar-refractivity contribution is 7.13. The van der Waals surface area contributed by atoms with E-state index >= 15 is 0 Å². The third kappa shape index (κ3) is 3.25. The van der Waals surface area contributed by atoms with Gasteiger partial charge >= 0.3 is 0 Å². The molecule has 3 nitrogen and oxygen atoms in total. The lowest BCUT2D eigenvalue weighted by Gasteiger charge is -2.06. The van der Waals surface area contributed by atoms with Crippen molar-refractivity contribution in [3.05, 3.63) is 65.0 Å². The number of pyridine rings is 1. The van der Waals surface area contributed by atoms with Gasteiger partial charge in [0.25, 0.3) is 0 Å². The van der Waals surface area contributed by atoms with Crippen LogP contribution in [-0.2, 0) is 6.54 Å². The average Bonchev–Trinajstić information content (AvgIpc) is 2.96. The molecule has 0 bridgehead atoms. The van der Waals surface area contributed by atoms with Crippen molar-refractivity contribution >= 4 is 17.0 Å². The third-order valence-electron chi connectivity index (χ3n) is 3.02. The molecule has 0 saturated carbocycles. The summed E-state index contributed by atoms with van der Waals surface area (Å²) >= 11 is 1.54. The van der Waals surface area contributed by atoms with E-state index in [4.69, 9.17) is 0 Å². The molecule has 5 heteroatoms. The topological polar surface area (TPSA) is 37.8 Å². The van der Waals surface area contributed by atoms with Gasteiger partial charge in [-0.25, -0.2) is 9.37 Å². The minimum Gasteiger partial charge on any atom is -0.377 e. The number of benzene rings is 1. The molecule has 2 aromatic heterocycles. The average molecular weight is 299 g/mol. The van der Waals surface area contributed by atoms with Gasteiger partial charge in [0.2, 0.25) is 0 Å². The number of hydrogen-bond donors (Lipinski definition) is 1. The van der Waals surface area contributed by atoms with Gasteiger partial charge in [-0.1, -0.05) is 12.1 Å². The smallest absolute Gasteiger partial charge is 0.146 e. The highest BCUT2D eigenvalue weighted by atomic mass is 32.1. The summed E-state index contributed by atoms with van der Waals surface area (Å²) in [6, 6.07) is 10.9. The molecular formula is C16H14FN3S. The lowest BCUT2D eigenvalue weighted by atomic mass is 10.2. The fourth-order valence-electron chi connectivity index (χ4n) is 1.94. The van der Waals surface area contributed by atoms with Gasteiger partial charge in [0.15, 0.2) is 0 Å². The number of thiazole rings is 1. The molecule has 0 saturated heterocycles. The third-order valence-corrected chi connectivity index (χ3v) is 3.93. The largest absolute Gasteiger partial charge is 0.377 e. The van der Waals surface area contributed by atoms with Gasteiger partial charge in [0, 0.05) is 11.6 Å². The quantitative estimate of drug-likeness (QED) is 0.782. The number of aromatic nitrogens is 2. The van der Waals surface area contributed by atoms with E-state index in [0.29, 0.717) is 12.2 Å². The van der Waals surface area contributed by atoms with Crippen LogP contribution in [0.4, 0.5) is 10.1 Å². The standard InChI is InChI=1S/C16H14FN3S/c1-11-5-6-14(13(17)8-11)19-9-12-10-21-16(20-12)15-4-2-3-7-18-15/h2-8,10,19H,9H2,1H3. The van der Waals surface area contributed by atoms with Crippen molar-refractivity contribution < 1.29 is 4.39 Å². The van der Waals surface area contributed by atoms with Crippen LogP contribution in [0, 0.1) is 12.7 Å². The number of rotatable bonds is 4. The van der Waals surface area contributed by atoms with Crippen molar-refractivity contribution in [3.8, 4) is 10.7 Å². The molecular weight excluding hydrogens is 285 g/mol. The van der Waals surface area contributed by atoms with E-state index in [1.807, 2.05) is 36.6 Å². The molecule has 2 heterocycles. The first-order chi connectivity index (χ1) is 10.2. The molecule has 0 aliphatic rings. The van der Waals surface area contributed by atoms with E-state index in [2.05, 4.69) is 15.3 Å². The Kier molecular flexibility index (Phi) is 3.92. The highest BCUT2D eigenvalue weighted by Crippen LogP contribution is 2.22. The molecule has 106 valence electrons. The van der Waals surface area contributed by atoms with Crippen molar-refractivity contribution in [2.24, 2.45) is 0 Å². The fraction of sp³-hybridized carbons (Fsp3) is 0.125. The molecule has 0 spiro atoms. The minimum absolute atomic E-state index is 0.241. The fourth-order valence-corrected chi connectivity index (χ4v) is 2.74. The van der Waals surface area contributed by atoms with Crippen molar-refractivity contribution in [3.63, 3.8) is 0 Å². The van der Waals surface area contributed by atoms with Crippen LogP contribution in [0.3, 0.4) is 0 Å². The summed E-state index contributed by atoms with van der Waals surface area (Å²) in [4.78, 5) is 8.79. The minimum atomic E-state index is -0.241. The van der Waals surface area contributed by atoms with Crippen LogP contribution in [0.15, 0.2) is 48.0 Å². The zero-order valence-electron chi connectivity index (χ0n) is 11.5. The first kappa shape index (κ1) is 13.7. The zero-order chi connectivity index (χ0) is 14.7. The van der Waals surface area contributed by atoms with Gasteiger partial charge in [-0.15, -0.1) is 11.3 Å². The summed E-state index contributed by atoms with van der Waals surface area (Å²) in [6.45, 7) is 2.36. The molecule has 0 aliphatic carbocycles. The van der Waals surface area contributed by atoms with Crippen LogP contribution >= 0.6 is 11.3 Å². The molecule has 21 heavy (non-hydrogen) atoms. The van der Waals surface area contributed by atoms with E-state index in [-0.39, 0.29) is 5.82 Å². The van der Waals surface area contributed by atoms with Crippen LogP contribution in [0.5, 0.6) is 0 Å². The number of halogens is 1. The van der Waals surface area contributed by atoms with Crippen LogP contribution < -0.4 is 5.32 Å². The molecule has 1 aromatic carbocycles. The van der Waals surface area contributed by atoms with Gasteiger partial charge < -0.3 is 5.32 Å². The summed E-state index contributed by atoms with van der Waals surface area (Å²) in [5.41, 5.74) is 3.13. The Hall–Kier alpha value is -2.27. The maximum absolute atomic E-state index is 13.7. The number of nitrogens with zero attached hydrogens (tertiary/aromatic N) is 2. The molecule has 3 rings (SSSR count). The van der Waals surface area contributed by atoms with E-state index in [1.54, 1.807) is 12.3 Å². The van der Waals surface area contributed by atoms with Crippen molar-refractivity contribution in [2.75, 3.05) is 5.32 Å². The second-order valence-electron chi connectivity index (χ2n) is 4.70. The summed E-state index contributed by atoms with van der Waals surface area (Å²) < 4.78 is 13.7. The molecule has 0 amide bonds. The van der Waals surface area contributed by atoms with Gasteiger partial charge in [-0.2, -0.15) is 0 Å². The van der Waals surface area contributed by atoms with Gasteiger partial charge in [0.1, 0.15) is 10.8 Å². The van der Waals surface area contributed by atoms with Crippen LogP contribution in [-0.4, -0.2) is 9.97 Å². The van der Waals surface area contributed by atoms with Gasteiger partial charge in [0.05, 0.1) is 23.6 Å². The Morgan fingerprint density at radius 3 is 2.90 bits per heavy atom. The molecule has 0 unspecified atom stereocenters. The maximum Gasteiger partial charge on any atom is 0.146 e. The van der Waals surface area contributed by atoms with Crippen molar-refractivity contribution in [1.82, 2.24) is 9.97 Å². The Morgan fingerprint density at radius 2 is 2.14 bits per heavy atom. The zero-order valence-corrected chi connectivity index (χ0v) is 12.3. The molecule has 3 aromatic rings. The van der Waals surface area contributed by atoms with Crippen molar-refractivity contribution in [2.45, 2.75) is 13.5 Å². The number of anilines is 1. The lowest BCUT2D eigenvalue weighted by Crippen LogP contribution is -2.02. The van der Waals surface area contributed by atoms with Gasteiger partial charge in [-0.3, -0.25) is 4.98 Å². The summed E-state index contributed by atoms with van der Waals surface area (Å²) in [6.07, 6.45) is 1.75. The van der Waals surface area contributed by atoms with Crippen molar-refractivity contribution in [1.29, 1.82) is 0 Å².